The molecule has 1 fully saturated rings. The first-order chi connectivity index (χ1) is 30.4. The third-order valence-corrected chi connectivity index (χ3v) is 12.8. The Hall–Kier alpha value is -1.67. The molecule has 370 valence electrons. The zero-order valence-electron chi connectivity index (χ0n) is 39.4. The van der Waals surface area contributed by atoms with Gasteiger partial charge in [-0.15, -0.1) is 0 Å². The lowest BCUT2D eigenvalue weighted by molar-refractivity contribution is -0.220. The van der Waals surface area contributed by atoms with Crippen molar-refractivity contribution >= 4 is 19.8 Å². The first-order valence-electron chi connectivity index (χ1n) is 25.1. The van der Waals surface area contributed by atoms with Gasteiger partial charge in [-0.05, 0) is 64.2 Å². The summed E-state index contributed by atoms with van der Waals surface area (Å²) in [7, 11) is -5.12. The summed E-state index contributed by atoms with van der Waals surface area (Å²) < 4.78 is 33.6. The molecular weight excluding hydrogens is 827 g/mol. The summed E-state index contributed by atoms with van der Waals surface area (Å²) in [6.07, 6.45) is 30.8. The highest BCUT2D eigenvalue weighted by molar-refractivity contribution is 7.47. The summed E-state index contributed by atoms with van der Waals surface area (Å²) in [5.41, 5.74) is 0. The van der Waals surface area contributed by atoms with Crippen molar-refractivity contribution in [3.8, 4) is 0 Å². The fraction of sp³-hybridized carbons (Fsp3) is 0.878. The van der Waals surface area contributed by atoms with Crippen molar-refractivity contribution in [1.82, 2.24) is 0 Å². The SMILES string of the molecule is CCCCCCCC/C=C\CCCCCCCCCC(=O)OCC(COP(=O)(O)OC1C(O)C(O)C(O)C(O)C1O)OC(=O)CCCCCCCCC/C=C\CCCCCCCC. The number of unbranched alkanes of at least 4 members (excludes halogenated alkanes) is 26. The standard InChI is InChI=1S/C49H91O13P/c1-3-5-7-9-11-13-15-17-19-21-23-25-27-29-31-33-35-37-42(50)59-39-41(40-60-63(57,58)62-49-47(55)45(53)44(52)46(54)48(49)56)61-43(51)38-36-34-32-30-28-26-24-22-20-18-16-14-12-10-8-6-4-2/h17-20,41,44-49,52-56H,3-16,21-40H2,1-2H3,(H,57,58)/b19-17-,20-18-. The maximum atomic E-state index is 12.8. The van der Waals surface area contributed by atoms with E-state index in [1.807, 2.05) is 0 Å². The highest BCUT2D eigenvalue weighted by atomic mass is 31.2. The van der Waals surface area contributed by atoms with Crippen LogP contribution in [0.3, 0.4) is 0 Å². The number of esters is 2. The van der Waals surface area contributed by atoms with E-state index >= 15 is 0 Å². The molecule has 6 unspecified atom stereocenters. The molecule has 1 saturated carbocycles. The van der Waals surface area contributed by atoms with Crippen molar-refractivity contribution in [1.29, 1.82) is 0 Å². The predicted molar refractivity (Wildman–Crippen MR) is 249 cm³/mol. The van der Waals surface area contributed by atoms with Gasteiger partial charge < -0.3 is 39.9 Å². The lowest BCUT2D eigenvalue weighted by atomic mass is 9.85. The van der Waals surface area contributed by atoms with Gasteiger partial charge in [-0.1, -0.05) is 167 Å². The van der Waals surface area contributed by atoms with Crippen LogP contribution in [0.2, 0.25) is 0 Å². The average molecular weight is 919 g/mol. The van der Waals surface area contributed by atoms with Crippen LogP contribution < -0.4 is 0 Å². The fourth-order valence-corrected chi connectivity index (χ4v) is 8.66. The molecule has 14 heteroatoms. The molecule has 0 saturated heterocycles. The molecule has 0 amide bonds. The molecule has 0 aromatic carbocycles. The summed E-state index contributed by atoms with van der Waals surface area (Å²) in [5.74, 6) is -1.10. The lowest BCUT2D eigenvalue weighted by Crippen LogP contribution is -2.64. The molecule has 1 aliphatic rings. The molecule has 0 bridgehead atoms. The second-order valence-electron chi connectivity index (χ2n) is 17.7. The number of hydrogen-bond acceptors (Lipinski definition) is 12. The molecule has 0 aromatic heterocycles. The van der Waals surface area contributed by atoms with E-state index in [2.05, 4.69) is 38.2 Å². The molecule has 0 aromatic rings. The number of phosphoric ester groups is 1. The summed E-state index contributed by atoms with van der Waals surface area (Å²) in [5, 5.41) is 50.2. The first kappa shape index (κ1) is 59.3. The Morgan fingerprint density at radius 1 is 0.476 bits per heavy atom. The van der Waals surface area contributed by atoms with Gasteiger partial charge in [0.1, 0.15) is 43.2 Å². The smallest absolute Gasteiger partial charge is 0.462 e. The zero-order chi connectivity index (χ0) is 46.4. The van der Waals surface area contributed by atoms with Crippen LogP contribution >= 0.6 is 7.82 Å². The number of carbonyl (C=O) groups is 2. The minimum absolute atomic E-state index is 0.0929. The molecule has 1 rings (SSSR count). The highest BCUT2D eigenvalue weighted by Crippen LogP contribution is 2.47. The van der Waals surface area contributed by atoms with Crippen LogP contribution in [-0.4, -0.2) is 98.3 Å². The van der Waals surface area contributed by atoms with Gasteiger partial charge in [0.25, 0.3) is 0 Å². The molecule has 1 aliphatic carbocycles. The first-order valence-corrected chi connectivity index (χ1v) is 26.6. The minimum atomic E-state index is -5.12. The van der Waals surface area contributed by atoms with Gasteiger partial charge in [-0.25, -0.2) is 4.57 Å². The third kappa shape index (κ3) is 31.8. The number of aliphatic hydroxyl groups is 5. The van der Waals surface area contributed by atoms with Crippen LogP contribution in [0.5, 0.6) is 0 Å². The lowest BCUT2D eigenvalue weighted by Gasteiger charge is -2.41. The maximum absolute atomic E-state index is 12.8. The number of ether oxygens (including phenoxy) is 2. The number of carbonyl (C=O) groups excluding carboxylic acids is 2. The van der Waals surface area contributed by atoms with Gasteiger partial charge in [0.15, 0.2) is 6.10 Å². The topological polar surface area (TPSA) is 210 Å². The van der Waals surface area contributed by atoms with Gasteiger partial charge >= 0.3 is 19.8 Å². The Bertz CT molecular complexity index is 1200. The van der Waals surface area contributed by atoms with E-state index in [1.54, 1.807) is 0 Å². The Labute approximate surface area is 381 Å². The van der Waals surface area contributed by atoms with E-state index in [0.717, 1.165) is 64.2 Å². The van der Waals surface area contributed by atoms with E-state index in [-0.39, 0.29) is 12.8 Å². The average Bonchev–Trinajstić information content (AvgIpc) is 3.26. The number of aliphatic hydroxyl groups excluding tert-OH is 5. The van der Waals surface area contributed by atoms with Crippen LogP contribution in [0, 0.1) is 0 Å². The van der Waals surface area contributed by atoms with Crippen molar-refractivity contribution in [2.24, 2.45) is 0 Å². The van der Waals surface area contributed by atoms with Gasteiger partial charge in [-0.2, -0.15) is 0 Å². The monoisotopic (exact) mass is 919 g/mol. The van der Waals surface area contributed by atoms with Crippen molar-refractivity contribution in [3.05, 3.63) is 24.3 Å². The molecular formula is C49H91O13P. The largest absolute Gasteiger partial charge is 0.472 e. The van der Waals surface area contributed by atoms with E-state index < -0.39 is 75.7 Å². The summed E-state index contributed by atoms with van der Waals surface area (Å²) in [6.45, 7) is 3.31. The third-order valence-electron chi connectivity index (χ3n) is 11.8. The fourth-order valence-electron chi connectivity index (χ4n) is 7.69. The quantitative estimate of drug-likeness (QED) is 0.0146. The highest BCUT2D eigenvalue weighted by Gasteiger charge is 2.51. The van der Waals surface area contributed by atoms with Crippen molar-refractivity contribution in [2.75, 3.05) is 13.2 Å². The van der Waals surface area contributed by atoms with Crippen LogP contribution in [0.25, 0.3) is 0 Å². The number of hydrogen-bond donors (Lipinski definition) is 6. The van der Waals surface area contributed by atoms with Crippen LogP contribution in [-0.2, 0) is 32.7 Å². The van der Waals surface area contributed by atoms with Gasteiger partial charge in [0.2, 0.25) is 0 Å². The molecule has 0 radical (unpaired) electrons. The second kappa shape index (κ2) is 39.5. The normalized spacial score (nSPS) is 21.8. The van der Waals surface area contributed by atoms with Gasteiger partial charge in [-0.3, -0.25) is 18.6 Å². The van der Waals surface area contributed by atoms with Crippen LogP contribution in [0.4, 0.5) is 0 Å². The van der Waals surface area contributed by atoms with E-state index in [1.165, 1.54) is 116 Å². The molecule has 0 spiro atoms. The molecule has 0 aliphatic heterocycles. The Morgan fingerprint density at radius 3 is 1.21 bits per heavy atom. The maximum Gasteiger partial charge on any atom is 0.472 e. The Morgan fingerprint density at radius 2 is 0.810 bits per heavy atom. The second-order valence-corrected chi connectivity index (χ2v) is 19.1. The summed E-state index contributed by atoms with van der Waals surface area (Å²) >= 11 is 0. The van der Waals surface area contributed by atoms with E-state index in [0.29, 0.717) is 12.8 Å². The van der Waals surface area contributed by atoms with Gasteiger partial charge in [0, 0.05) is 12.8 Å². The van der Waals surface area contributed by atoms with Crippen molar-refractivity contribution < 1.29 is 63.1 Å². The van der Waals surface area contributed by atoms with E-state index in [9.17, 15) is 44.6 Å². The molecule has 6 atom stereocenters. The van der Waals surface area contributed by atoms with Crippen molar-refractivity contribution in [2.45, 2.75) is 262 Å². The zero-order valence-corrected chi connectivity index (χ0v) is 40.3. The van der Waals surface area contributed by atoms with Crippen LogP contribution in [0.1, 0.15) is 219 Å². The Kier molecular flexibility index (Phi) is 37.2. The van der Waals surface area contributed by atoms with Gasteiger partial charge in [0.05, 0.1) is 6.61 Å². The molecule has 13 nitrogen and oxygen atoms in total. The Balaban J connectivity index is 2.42. The minimum Gasteiger partial charge on any atom is -0.462 e. The number of allylic oxidation sites excluding steroid dienone is 4. The summed E-state index contributed by atoms with van der Waals surface area (Å²) in [6, 6.07) is 0. The molecule has 0 heterocycles. The number of phosphoric acid groups is 1. The number of rotatable bonds is 42. The summed E-state index contributed by atoms with van der Waals surface area (Å²) in [4.78, 5) is 35.8. The van der Waals surface area contributed by atoms with E-state index in [4.69, 9.17) is 18.5 Å². The predicted octanol–water partition coefficient (Wildman–Crippen LogP) is 10.4. The molecule has 6 N–H and O–H groups in total. The van der Waals surface area contributed by atoms with Crippen LogP contribution in [0.15, 0.2) is 24.3 Å². The molecule has 63 heavy (non-hydrogen) atoms. The van der Waals surface area contributed by atoms with Crippen molar-refractivity contribution in [3.63, 3.8) is 0 Å².